The van der Waals surface area contributed by atoms with E-state index in [1.54, 1.807) is 12.3 Å². The van der Waals surface area contributed by atoms with E-state index in [1.165, 1.54) is 19.0 Å². The average Bonchev–Trinajstić information content (AvgIpc) is 2.38. The Morgan fingerprint density at radius 3 is 2.89 bits per heavy atom. The zero-order valence-corrected chi connectivity index (χ0v) is 11.1. The molecule has 0 aromatic carbocycles. The van der Waals surface area contributed by atoms with Crippen molar-refractivity contribution in [1.82, 2.24) is 9.88 Å². The number of nitrogens with two attached hydrogens (primary N) is 1. The van der Waals surface area contributed by atoms with E-state index in [1.807, 2.05) is 0 Å². The molecular weight excluding hydrogens is 229 g/mol. The monoisotopic (exact) mass is 251 g/mol. The van der Waals surface area contributed by atoms with Crippen LogP contribution >= 0.6 is 0 Å². The fourth-order valence-electron chi connectivity index (χ4n) is 2.69. The summed E-state index contributed by atoms with van der Waals surface area (Å²) in [5, 5.41) is 0. The Kier molecular flexibility index (Phi) is 4.30. The van der Waals surface area contributed by atoms with Crippen LogP contribution in [0.2, 0.25) is 0 Å². The van der Waals surface area contributed by atoms with Gasteiger partial charge in [0.2, 0.25) is 0 Å². The van der Waals surface area contributed by atoms with Crippen LogP contribution in [0, 0.1) is 11.7 Å². The van der Waals surface area contributed by atoms with Crippen molar-refractivity contribution in [3.8, 4) is 0 Å². The molecule has 1 aromatic heterocycles. The molecule has 1 aromatic rings. The highest BCUT2D eigenvalue weighted by atomic mass is 19.1. The van der Waals surface area contributed by atoms with Crippen LogP contribution in [0.4, 0.5) is 4.39 Å². The standard InChI is InChI=1S/C14H22FN3/c1-10(16)12-4-3-5-18(9-12)11(2)13-6-14(15)8-17-7-13/h6-8,10-12H,3-5,9,16H2,1-2H3. The Labute approximate surface area is 108 Å². The fourth-order valence-corrected chi connectivity index (χ4v) is 2.69. The maximum atomic E-state index is 13.2. The normalized spacial score (nSPS) is 24.8. The van der Waals surface area contributed by atoms with E-state index in [4.69, 9.17) is 5.73 Å². The van der Waals surface area contributed by atoms with E-state index >= 15 is 0 Å². The first kappa shape index (κ1) is 13.4. The summed E-state index contributed by atoms with van der Waals surface area (Å²) in [6.07, 6.45) is 5.36. The average molecular weight is 251 g/mol. The molecule has 1 aliphatic rings. The molecular formula is C14H22FN3. The van der Waals surface area contributed by atoms with E-state index in [0.29, 0.717) is 5.92 Å². The molecule has 1 fully saturated rings. The number of aromatic nitrogens is 1. The summed E-state index contributed by atoms with van der Waals surface area (Å²) in [6.45, 7) is 6.23. The van der Waals surface area contributed by atoms with Gasteiger partial charge in [0.15, 0.2) is 0 Å². The van der Waals surface area contributed by atoms with Crippen LogP contribution < -0.4 is 5.73 Å². The van der Waals surface area contributed by atoms with Gasteiger partial charge in [-0.3, -0.25) is 9.88 Å². The van der Waals surface area contributed by atoms with Crippen LogP contribution in [0.3, 0.4) is 0 Å². The molecule has 2 heterocycles. The van der Waals surface area contributed by atoms with Crippen molar-refractivity contribution in [1.29, 1.82) is 0 Å². The second kappa shape index (κ2) is 5.76. The molecule has 1 aliphatic heterocycles. The number of pyridine rings is 1. The number of rotatable bonds is 3. The van der Waals surface area contributed by atoms with E-state index in [-0.39, 0.29) is 17.9 Å². The lowest BCUT2D eigenvalue weighted by Gasteiger charge is -2.38. The third kappa shape index (κ3) is 3.06. The van der Waals surface area contributed by atoms with Crippen molar-refractivity contribution in [3.05, 3.63) is 29.8 Å². The minimum absolute atomic E-state index is 0.203. The summed E-state index contributed by atoms with van der Waals surface area (Å²) in [6, 6.07) is 2.01. The van der Waals surface area contributed by atoms with Gasteiger partial charge in [-0.25, -0.2) is 4.39 Å². The molecule has 3 unspecified atom stereocenters. The van der Waals surface area contributed by atoms with Crippen molar-refractivity contribution in [3.63, 3.8) is 0 Å². The number of hydrogen-bond acceptors (Lipinski definition) is 3. The van der Waals surface area contributed by atoms with Gasteiger partial charge in [0.1, 0.15) is 5.82 Å². The Bertz CT molecular complexity index is 394. The highest BCUT2D eigenvalue weighted by Crippen LogP contribution is 2.27. The van der Waals surface area contributed by atoms with Crippen molar-refractivity contribution >= 4 is 0 Å². The molecule has 0 aliphatic carbocycles. The molecule has 0 spiro atoms. The molecule has 18 heavy (non-hydrogen) atoms. The first-order chi connectivity index (χ1) is 8.58. The Balaban J connectivity index is 2.06. The number of likely N-dealkylation sites (tertiary alicyclic amines) is 1. The minimum Gasteiger partial charge on any atom is -0.328 e. The number of piperidine rings is 1. The first-order valence-electron chi connectivity index (χ1n) is 6.68. The minimum atomic E-state index is -0.264. The third-order valence-corrected chi connectivity index (χ3v) is 3.99. The zero-order chi connectivity index (χ0) is 13.1. The van der Waals surface area contributed by atoms with Gasteiger partial charge < -0.3 is 5.73 Å². The molecule has 2 rings (SSSR count). The predicted octanol–water partition coefficient (Wildman–Crippen LogP) is 2.34. The lowest BCUT2D eigenvalue weighted by Crippen LogP contribution is -2.43. The van der Waals surface area contributed by atoms with Crippen molar-refractivity contribution in [2.75, 3.05) is 13.1 Å². The maximum absolute atomic E-state index is 13.2. The maximum Gasteiger partial charge on any atom is 0.141 e. The topological polar surface area (TPSA) is 42.1 Å². The van der Waals surface area contributed by atoms with Crippen LogP contribution in [0.5, 0.6) is 0 Å². The number of hydrogen-bond donors (Lipinski definition) is 1. The molecule has 1 saturated heterocycles. The zero-order valence-electron chi connectivity index (χ0n) is 11.1. The quantitative estimate of drug-likeness (QED) is 0.896. The molecule has 0 saturated carbocycles. The van der Waals surface area contributed by atoms with Crippen molar-refractivity contribution < 1.29 is 4.39 Å². The van der Waals surface area contributed by atoms with Gasteiger partial charge in [-0.1, -0.05) is 0 Å². The predicted molar refractivity (Wildman–Crippen MR) is 70.6 cm³/mol. The van der Waals surface area contributed by atoms with Gasteiger partial charge in [-0.15, -0.1) is 0 Å². The van der Waals surface area contributed by atoms with E-state index < -0.39 is 0 Å². The second-order valence-corrected chi connectivity index (χ2v) is 5.37. The van der Waals surface area contributed by atoms with Gasteiger partial charge in [-0.05, 0) is 50.8 Å². The molecule has 0 amide bonds. The van der Waals surface area contributed by atoms with Gasteiger partial charge >= 0.3 is 0 Å². The molecule has 100 valence electrons. The molecule has 0 bridgehead atoms. The number of nitrogens with zero attached hydrogens (tertiary/aromatic N) is 2. The van der Waals surface area contributed by atoms with Gasteiger partial charge in [-0.2, -0.15) is 0 Å². The molecule has 2 N–H and O–H groups in total. The van der Waals surface area contributed by atoms with Crippen LogP contribution in [0.25, 0.3) is 0 Å². The fraction of sp³-hybridized carbons (Fsp3) is 0.643. The lowest BCUT2D eigenvalue weighted by molar-refractivity contribution is 0.121. The number of halogens is 1. The second-order valence-electron chi connectivity index (χ2n) is 5.37. The van der Waals surface area contributed by atoms with E-state index in [9.17, 15) is 4.39 Å². The largest absolute Gasteiger partial charge is 0.328 e. The van der Waals surface area contributed by atoms with Gasteiger partial charge in [0.25, 0.3) is 0 Å². The van der Waals surface area contributed by atoms with Crippen LogP contribution in [-0.2, 0) is 0 Å². The Morgan fingerprint density at radius 1 is 1.44 bits per heavy atom. The van der Waals surface area contributed by atoms with Gasteiger partial charge in [0.05, 0.1) is 6.20 Å². The summed E-state index contributed by atoms with van der Waals surface area (Å²) < 4.78 is 13.2. The molecule has 3 atom stereocenters. The lowest BCUT2D eigenvalue weighted by atomic mass is 9.91. The third-order valence-electron chi connectivity index (χ3n) is 3.99. The molecule has 0 radical (unpaired) electrons. The first-order valence-corrected chi connectivity index (χ1v) is 6.68. The van der Waals surface area contributed by atoms with E-state index in [2.05, 4.69) is 23.7 Å². The smallest absolute Gasteiger partial charge is 0.141 e. The van der Waals surface area contributed by atoms with Gasteiger partial charge in [0, 0.05) is 24.8 Å². The van der Waals surface area contributed by atoms with Crippen molar-refractivity contribution in [2.45, 2.75) is 38.8 Å². The summed E-state index contributed by atoms with van der Waals surface area (Å²) >= 11 is 0. The Hall–Kier alpha value is -1.00. The highest BCUT2D eigenvalue weighted by Gasteiger charge is 2.26. The molecule has 3 nitrogen and oxygen atoms in total. The van der Waals surface area contributed by atoms with Crippen molar-refractivity contribution in [2.24, 2.45) is 11.7 Å². The summed E-state index contributed by atoms with van der Waals surface area (Å²) in [4.78, 5) is 6.31. The van der Waals surface area contributed by atoms with Crippen LogP contribution in [-0.4, -0.2) is 29.0 Å². The summed E-state index contributed by atoms with van der Waals surface area (Å²) in [5.74, 6) is 0.280. The molecule has 4 heteroatoms. The van der Waals surface area contributed by atoms with Crippen LogP contribution in [0.1, 0.15) is 38.3 Å². The summed E-state index contributed by atoms with van der Waals surface area (Å²) in [7, 11) is 0. The highest BCUT2D eigenvalue weighted by molar-refractivity contribution is 5.14. The summed E-state index contributed by atoms with van der Waals surface area (Å²) in [5.41, 5.74) is 6.94. The SMILES string of the molecule is CC(N)C1CCCN(C(C)c2cncc(F)c2)C1. The van der Waals surface area contributed by atoms with Crippen LogP contribution in [0.15, 0.2) is 18.5 Å². The Morgan fingerprint density at radius 2 is 2.22 bits per heavy atom. The van der Waals surface area contributed by atoms with E-state index in [0.717, 1.165) is 18.7 Å².